The highest BCUT2D eigenvalue weighted by Gasteiger charge is 2.21. The predicted octanol–water partition coefficient (Wildman–Crippen LogP) is 1.74. The van der Waals surface area contributed by atoms with Crippen molar-refractivity contribution in [1.82, 2.24) is 5.32 Å². The van der Waals surface area contributed by atoms with Crippen molar-refractivity contribution in [3.05, 3.63) is 23.3 Å². The number of ether oxygens (including phenoxy) is 1. The summed E-state index contributed by atoms with van der Waals surface area (Å²) >= 11 is 0. The molecule has 0 aliphatic carbocycles. The van der Waals surface area contributed by atoms with Gasteiger partial charge >= 0.3 is 0 Å². The molecule has 1 aliphatic heterocycles. The van der Waals surface area contributed by atoms with E-state index in [4.69, 9.17) is 4.74 Å². The molecule has 1 heterocycles. The Morgan fingerprint density at radius 2 is 2.21 bits per heavy atom. The van der Waals surface area contributed by atoms with Crippen LogP contribution in [0.25, 0.3) is 0 Å². The molecule has 0 bridgehead atoms. The molecule has 3 heteroatoms. The molecule has 1 fully saturated rings. The van der Waals surface area contributed by atoms with Gasteiger partial charge in [-0.1, -0.05) is 0 Å². The normalized spacial score (nSPS) is 20.3. The zero-order valence-corrected chi connectivity index (χ0v) is 8.50. The van der Waals surface area contributed by atoms with Crippen molar-refractivity contribution in [2.24, 2.45) is 0 Å². The Morgan fingerprint density at radius 3 is 2.71 bits per heavy atom. The summed E-state index contributed by atoms with van der Waals surface area (Å²) in [7, 11) is 1.57. The average molecular weight is 193 g/mol. The van der Waals surface area contributed by atoms with Crippen LogP contribution in [0.4, 0.5) is 0 Å². The Hall–Kier alpha value is -1.22. The summed E-state index contributed by atoms with van der Waals surface area (Å²) in [6.45, 7) is 3.09. The Bertz CT molecular complexity index is 345. The molecular formula is C11H15NO2. The fourth-order valence-electron chi connectivity index (χ4n) is 1.78. The van der Waals surface area contributed by atoms with Crippen molar-refractivity contribution in [3.63, 3.8) is 0 Å². The van der Waals surface area contributed by atoms with E-state index in [-0.39, 0.29) is 5.75 Å². The maximum absolute atomic E-state index is 9.54. The number of phenolic OH excluding ortho intramolecular Hbond substituents is 1. The first-order chi connectivity index (χ1) is 6.72. The Labute approximate surface area is 83.7 Å². The summed E-state index contributed by atoms with van der Waals surface area (Å²) in [5.74, 6) is 0.771. The molecule has 0 unspecified atom stereocenters. The fourth-order valence-corrected chi connectivity index (χ4v) is 1.78. The van der Waals surface area contributed by atoms with E-state index < -0.39 is 0 Å². The van der Waals surface area contributed by atoms with Crippen molar-refractivity contribution in [2.45, 2.75) is 19.4 Å². The van der Waals surface area contributed by atoms with Crippen LogP contribution in [0.5, 0.6) is 11.5 Å². The van der Waals surface area contributed by atoms with Crippen LogP contribution in [0, 0.1) is 6.92 Å². The number of nitrogens with one attached hydrogen (secondary N) is 1. The number of aromatic hydroxyl groups is 1. The van der Waals surface area contributed by atoms with E-state index in [9.17, 15) is 5.11 Å². The maximum Gasteiger partial charge on any atom is 0.160 e. The van der Waals surface area contributed by atoms with Gasteiger partial charge in [-0.15, -0.1) is 0 Å². The summed E-state index contributed by atoms with van der Waals surface area (Å²) < 4.78 is 5.08. The molecule has 0 saturated carbocycles. The molecule has 0 amide bonds. The lowest BCUT2D eigenvalue weighted by atomic mass is 9.93. The molecule has 1 aromatic rings. The predicted molar refractivity (Wildman–Crippen MR) is 54.8 cm³/mol. The van der Waals surface area contributed by atoms with Gasteiger partial charge in [0.1, 0.15) is 0 Å². The van der Waals surface area contributed by atoms with E-state index >= 15 is 0 Å². The topological polar surface area (TPSA) is 41.5 Å². The van der Waals surface area contributed by atoms with Gasteiger partial charge in [-0.2, -0.15) is 0 Å². The highest BCUT2D eigenvalue weighted by molar-refractivity contribution is 5.47. The van der Waals surface area contributed by atoms with Gasteiger partial charge in [-0.05, 0) is 43.1 Å². The van der Waals surface area contributed by atoms with Gasteiger partial charge in [0, 0.05) is 6.04 Å². The first-order valence-corrected chi connectivity index (χ1v) is 4.83. The lowest BCUT2D eigenvalue weighted by Gasteiger charge is -2.29. The van der Waals surface area contributed by atoms with Crippen LogP contribution >= 0.6 is 0 Å². The first-order valence-electron chi connectivity index (χ1n) is 4.83. The zero-order valence-electron chi connectivity index (χ0n) is 8.50. The number of rotatable bonds is 2. The van der Waals surface area contributed by atoms with Gasteiger partial charge in [0.25, 0.3) is 0 Å². The highest BCUT2D eigenvalue weighted by Crippen LogP contribution is 2.34. The minimum absolute atomic E-state index is 0.216. The molecule has 0 spiro atoms. The molecule has 1 atom stereocenters. The van der Waals surface area contributed by atoms with Crippen LogP contribution in [0.3, 0.4) is 0 Å². The standard InChI is InChI=1S/C11H15NO2/c1-7-5-10(13)11(14-2)6-8(7)9-3-4-12-9/h5-6,9,12-13H,3-4H2,1-2H3/t9-/m1/s1. The molecule has 3 nitrogen and oxygen atoms in total. The lowest BCUT2D eigenvalue weighted by Crippen LogP contribution is -2.35. The largest absolute Gasteiger partial charge is 0.504 e. The van der Waals surface area contributed by atoms with Gasteiger partial charge in [0.15, 0.2) is 11.5 Å². The molecule has 2 rings (SSSR count). The van der Waals surface area contributed by atoms with Crippen molar-refractivity contribution >= 4 is 0 Å². The van der Waals surface area contributed by atoms with Crippen molar-refractivity contribution < 1.29 is 9.84 Å². The van der Waals surface area contributed by atoms with E-state index in [2.05, 4.69) is 5.32 Å². The minimum atomic E-state index is 0.216. The quantitative estimate of drug-likeness (QED) is 0.751. The molecule has 14 heavy (non-hydrogen) atoms. The SMILES string of the molecule is COc1cc([C@H]2CCN2)c(C)cc1O. The number of hydrogen-bond acceptors (Lipinski definition) is 3. The third-order valence-corrected chi connectivity index (χ3v) is 2.77. The van der Waals surface area contributed by atoms with Crippen LogP contribution in [-0.2, 0) is 0 Å². The number of hydrogen-bond donors (Lipinski definition) is 2. The molecule has 1 saturated heterocycles. The summed E-state index contributed by atoms with van der Waals surface area (Å²) in [6.07, 6.45) is 1.16. The lowest BCUT2D eigenvalue weighted by molar-refractivity contribution is 0.361. The van der Waals surface area contributed by atoms with Gasteiger partial charge in [-0.25, -0.2) is 0 Å². The van der Waals surface area contributed by atoms with E-state index in [1.165, 1.54) is 5.56 Å². The van der Waals surface area contributed by atoms with Crippen LogP contribution < -0.4 is 10.1 Å². The number of methoxy groups -OCH3 is 1. The molecule has 1 aromatic carbocycles. The van der Waals surface area contributed by atoms with Gasteiger partial charge < -0.3 is 15.2 Å². The Morgan fingerprint density at radius 1 is 1.50 bits per heavy atom. The van der Waals surface area contributed by atoms with E-state index in [1.807, 2.05) is 13.0 Å². The second kappa shape index (κ2) is 3.50. The van der Waals surface area contributed by atoms with Crippen molar-refractivity contribution in [2.75, 3.05) is 13.7 Å². The van der Waals surface area contributed by atoms with Crippen LogP contribution in [0.1, 0.15) is 23.6 Å². The number of benzene rings is 1. The highest BCUT2D eigenvalue weighted by atomic mass is 16.5. The van der Waals surface area contributed by atoms with Gasteiger partial charge in [0.05, 0.1) is 7.11 Å². The summed E-state index contributed by atoms with van der Waals surface area (Å²) in [6, 6.07) is 4.11. The van der Waals surface area contributed by atoms with Gasteiger partial charge in [0.2, 0.25) is 0 Å². The average Bonchev–Trinajstić information content (AvgIpc) is 2.06. The summed E-state index contributed by atoms with van der Waals surface area (Å²) in [4.78, 5) is 0. The molecule has 1 aliphatic rings. The van der Waals surface area contributed by atoms with Crippen LogP contribution in [0.15, 0.2) is 12.1 Å². The summed E-state index contributed by atoms with van der Waals surface area (Å²) in [5, 5.41) is 12.9. The minimum Gasteiger partial charge on any atom is -0.504 e. The van der Waals surface area contributed by atoms with Crippen LogP contribution in [0.2, 0.25) is 0 Å². The smallest absolute Gasteiger partial charge is 0.160 e. The second-order valence-electron chi connectivity index (χ2n) is 3.68. The van der Waals surface area contributed by atoms with E-state index in [1.54, 1.807) is 13.2 Å². The van der Waals surface area contributed by atoms with Crippen molar-refractivity contribution in [1.29, 1.82) is 0 Å². The fraction of sp³-hybridized carbons (Fsp3) is 0.455. The van der Waals surface area contributed by atoms with Crippen LogP contribution in [-0.4, -0.2) is 18.8 Å². The molecule has 0 aromatic heterocycles. The third kappa shape index (κ3) is 1.44. The Balaban J connectivity index is 2.38. The third-order valence-electron chi connectivity index (χ3n) is 2.77. The molecule has 76 valence electrons. The van der Waals surface area contributed by atoms with E-state index in [0.717, 1.165) is 18.5 Å². The number of phenols is 1. The molecule has 0 radical (unpaired) electrons. The molecular weight excluding hydrogens is 178 g/mol. The first kappa shape index (κ1) is 9.34. The summed E-state index contributed by atoms with van der Waals surface area (Å²) in [5.41, 5.74) is 2.34. The second-order valence-corrected chi connectivity index (χ2v) is 3.68. The molecule has 2 N–H and O–H groups in total. The number of aryl methyl sites for hydroxylation is 1. The Kier molecular flexibility index (Phi) is 2.33. The maximum atomic E-state index is 9.54. The monoisotopic (exact) mass is 193 g/mol. The van der Waals surface area contributed by atoms with E-state index in [0.29, 0.717) is 11.8 Å². The zero-order chi connectivity index (χ0) is 10.1. The van der Waals surface area contributed by atoms with Gasteiger partial charge in [-0.3, -0.25) is 0 Å². The van der Waals surface area contributed by atoms with Crippen molar-refractivity contribution in [3.8, 4) is 11.5 Å².